The number of benzene rings is 3. The first-order valence-electron chi connectivity index (χ1n) is 20.5. The average Bonchev–Trinajstić information content (AvgIpc) is 3.85. The topological polar surface area (TPSA) is 221 Å². The number of aromatic nitrogens is 4. The predicted octanol–water partition coefficient (Wildman–Crippen LogP) is 3.82. The highest BCUT2D eigenvalue weighted by Gasteiger charge is 2.76. The number of rotatable bonds is 13. The SMILES string of the molecule is COc1ccc(C(OC[C@]23O[C@@H](n4cc(C)c(=O)[nH]c4=O)[C@H]4[C@H](C)[C@H]2O[P@](=O)(OC[C@H]2O[C@@H](n5cc(C)c(=O)[nH]c5=O)C[C@@H]2O)O[C@@H]43)(c2ccccc2)c2ccc(OC)cc2)cc1. The molecule has 3 aliphatic heterocycles. The summed E-state index contributed by atoms with van der Waals surface area (Å²) in [7, 11) is -1.33. The summed E-state index contributed by atoms with van der Waals surface area (Å²) in [6, 6.07) is 24.6. The van der Waals surface area contributed by atoms with E-state index in [9.17, 15) is 28.8 Å². The van der Waals surface area contributed by atoms with Crippen molar-refractivity contribution in [1.29, 1.82) is 0 Å². The summed E-state index contributed by atoms with van der Waals surface area (Å²) in [6.07, 6.45) is -3.52. The maximum absolute atomic E-state index is 14.7. The molecule has 3 N–H and O–H groups in total. The van der Waals surface area contributed by atoms with Crippen molar-refractivity contribution in [2.75, 3.05) is 27.4 Å². The number of phosphoric ester groups is 1. The molecule has 0 unspecified atom stereocenters. The zero-order valence-corrected chi connectivity index (χ0v) is 35.9. The van der Waals surface area contributed by atoms with Crippen molar-refractivity contribution >= 4 is 7.82 Å². The van der Waals surface area contributed by atoms with Crippen LogP contribution < -0.4 is 32.0 Å². The van der Waals surface area contributed by atoms with Crippen molar-refractivity contribution in [2.24, 2.45) is 11.8 Å². The monoisotopic (exact) mass is 886 g/mol. The number of hydrogen-bond acceptors (Lipinski definition) is 14. The summed E-state index contributed by atoms with van der Waals surface area (Å²) in [5.41, 5.74) is -2.61. The molecule has 10 atom stereocenters. The molecule has 0 spiro atoms. The van der Waals surface area contributed by atoms with E-state index >= 15 is 0 Å². The number of nitrogens with one attached hydrogen (secondary N) is 2. The van der Waals surface area contributed by atoms with Crippen LogP contribution in [0.2, 0.25) is 0 Å². The van der Waals surface area contributed by atoms with Gasteiger partial charge in [0.2, 0.25) is 0 Å². The third-order valence-electron chi connectivity index (χ3n) is 12.7. The Balaban J connectivity index is 1.08. The molecule has 5 heterocycles. The maximum Gasteiger partial charge on any atom is 0.475 e. The molecular formula is C44H47N4O14P. The number of hydrogen-bond donors (Lipinski definition) is 3. The van der Waals surface area contributed by atoms with Crippen molar-refractivity contribution in [3.05, 3.63) is 161 Å². The lowest BCUT2D eigenvalue weighted by Crippen LogP contribution is -2.57. The van der Waals surface area contributed by atoms with Gasteiger partial charge in [-0.2, -0.15) is 0 Å². The van der Waals surface area contributed by atoms with E-state index < -0.39 is 96.8 Å². The highest BCUT2D eigenvalue weighted by atomic mass is 31.2. The lowest BCUT2D eigenvalue weighted by molar-refractivity contribution is -0.231. The van der Waals surface area contributed by atoms with Crippen molar-refractivity contribution in [1.82, 2.24) is 19.1 Å². The molecule has 0 radical (unpaired) electrons. The van der Waals surface area contributed by atoms with Gasteiger partial charge in [-0.3, -0.25) is 42.3 Å². The number of phosphoric acid groups is 1. The Morgan fingerprint density at radius 1 is 0.794 bits per heavy atom. The lowest BCUT2D eigenvalue weighted by atomic mass is 9.79. The summed E-state index contributed by atoms with van der Waals surface area (Å²) >= 11 is 0. The molecule has 1 saturated carbocycles. The van der Waals surface area contributed by atoms with E-state index in [1.54, 1.807) is 21.1 Å². The van der Waals surface area contributed by atoms with Gasteiger partial charge in [-0.1, -0.05) is 61.5 Å². The fraction of sp³-hybridized carbons (Fsp3) is 0.409. The largest absolute Gasteiger partial charge is 0.497 e. The van der Waals surface area contributed by atoms with Crippen LogP contribution in [0.4, 0.5) is 0 Å². The van der Waals surface area contributed by atoms with E-state index in [1.165, 1.54) is 28.5 Å². The van der Waals surface area contributed by atoms with Crippen LogP contribution in [-0.2, 0) is 37.9 Å². The standard InChI is InChI=1S/C44H47N4O14P/c1-24-20-47(41(52)45-38(24)50)34-19-32(49)33(59-34)22-58-63(54)61-36-26(3)35-37(62-63)43(36,60-40(35)48-21-25(2)39(51)46-42(48)53)23-57-44(27-9-7-6-8-10-27,28-11-15-30(55-4)16-12-28)29-13-17-31(56-5)18-14-29/h6-18,20-21,26,32-37,40,49H,19,22-23H2,1-5H3,(H,45,50,52)(H,46,51,53)/t26-,32-,33+,34+,35-,36+,37-,40+,43-,63-/m0/s1. The molecule has 4 aliphatic rings. The number of methoxy groups -OCH3 is 2. The highest BCUT2D eigenvalue weighted by molar-refractivity contribution is 7.48. The maximum atomic E-state index is 14.7. The van der Waals surface area contributed by atoms with Crippen molar-refractivity contribution in [3.8, 4) is 11.5 Å². The number of aliphatic hydroxyl groups is 1. The van der Waals surface area contributed by atoms with Crippen LogP contribution in [0.5, 0.6) is 11.5 Å². The van der Waals surface area contributed by atoms with E-state index in [2.05, 4.69) is 9.97 Å². The molecule has 5 aromatic rings. The Kier molecular flexibility index (Phi) is 11.1. The quantitative estimate of drug-likeness (QED) is 0.113. The van der Waals surface area contributed by atoms with Gasteiger partial charge in [0.1, 0.15) is 53.5 Å². The molecule has 3 aromatic carbocycles. The predicted molar refractivity (Wildman–Crippen MR) is 224 cm³/mol. The second-order valence-electron chi connectivity index (χ2n) is 16.4. The molecule has 332 valence electrons. The third kappa shape index (κ3) is 7.24. The minimum absolute atomic E-state index is 0.0232. The third-order valence-corrected chi connectivity index (χ3v) is 14.2. The minimum atomic E-state index is -4.49. The van der Waals surface area contributed by atoms with Crippen molar-refractivity contribution < 1.29 is 46.9 Å². The van der Waals surface area contributed by atoms with Gasteiger partial charge in [0.25, 0.3) is 11.1 Å². The average molecular weight is 887 g/mol. The first-order chi connectivity index (χ1) is 30.2. The van der Waals surface area contributed by atoms with Crippen LogP contribution in [0.25, 0.3) is 0 Å². The van der Waals surface area contributed by atoms with Gasteiger partial charge in [0, 0.05) is 35.9 Å². The molecule has 18 nitrogen and oxygen atoms in total. The van der Waals surface area contributed by atoms with E-state index in [0.29, 0.717) is 11.5 Å². The van der Waals surface area contributed by atoms with E-state index in [0.717, 1.165) is 16.7 Å². The van der Waals surface area contributed by atoms with Crippen LogP contribution in [-0.4, -0.2) is 81.7 Å². The van der Waals surface area contributed by atoms with Crippen LogP contribution in [0, 0.1) is 25.7 Å². The van der Waals surface area contributed by atoms with Crippen LogP contribution in [0.15, 0.2) is 110 Å². The summed E-state index contributed by atoms with van der Waals surface area (Å²) in [4.78, 5) is 55.2. The van der Waals surface area contributed by atoms with Gasteiger partial charge in [0.05, 0.1) is 33.5 Å². The number of aromatic amines is 2. The number of aliphatic hydroxyl groups excluding tert-OH is 1. The molecule has 19 heteroatoms. The lowest BCUT2D eigenvalue weighted by Gasteiger charge is -2.46. The Morgan fingerprint density at radius 2 is 1.33 bits per heavy atom. The second kappa shape index (κ2) is 16.3. The molecule has 3 saturated heterocycles. The van der Waals surface area contributed by atoms with Crippen LogP contribution in [0.3, 0.4) is 0 Å². The fourth-order valence-electron chi connectivity index (χ4n) is 9.48. The molecule has 4 bridgehead atoms. The van der Waals surface area contributed by atoms with Crippen LogP contribution in [0.1, 0.15) is 53.6 Å². The van der Waals surface area contributed by atoms with Gasteiger partial charge >= 0.3 is 19.2 Å². The highest BCUT2D eigenvalue weighted by Crippen LogP contribution is 2.70. The normalized spacial score (nSPS) is 29.8. The zero-order valence-electron chi connectivity index (χ0n) is 35.0. The van der Waals surface area contributed by atoms with Gasteiger partial charge in [-0.25, -0.2) is 14.2 Å². The molecular weight excluding hydrogens is 839 g/mol. The van der Waals surface area contributed by atoms with Gasteiger partial charge in [0.15, 0.2) is 0 Å². The summed E-state index contributed by atoms with van der Waals surface area (Å²) < 4.78 is 67.2. The first kappa shape index (κ1) is 42.9. The molecule has 2 aromatic heterocycles. The van der Waals surface area contributed by atoms with E-state index in [-0.39, 0.29) is 24.2 Å². The zero-order chi connectivity index (χ0) is 44.4. The molecule has 9 rings (SSSR count). The fourth-order valence-corrected chi connectivity index (χ4v) is 11.2. The van der Waals surface area contributed by atoms with Crippen molar-refractivity contribution in [3.63, 3.8) is 0 Å². The Labute approximate surface area is 359 Å². The first-order valence-corrected chi connectivity index (χ1v) is 21.9. The van der Waals surface area contributed by atoms with Gasteiger partial charge < -0.3 is 28.8 Å². The molecule has 0 amide bonds. The summed E-state index contributed by atoms with van der Waals surface area (Å²) in [5, 5.41) is 11.0. The minimum Gasteiger partial charge on any atom is -0.497 e. The smallest absolute Gasteiger partial charge is 0.475 e. The van der Waals surface area contributed by atoms with E-state index in [1.807, 2.05) is 85.8 Å². The van der Waals surface area contributed by atoms with Gasteiger partial charge in [-0.05, 0) is 60.7 Å². The second-order valence-corrected chi connectivity index (χ2v) is 18.0. The summed E-state index contributed by atoms with van der Waals surface area (Å²) in [6.45, 7) is 4.29. The molecule has 4 fully saturated rings. The summed E-state index contributed by atoms with van der Waals surface area (Å²) in [5.74, 6) is 0.0894. The van der Waals surface area contributed by atoms with Gasteiger partial charge in [-0.15, -0.1) is 0 Å². The van der Waals surface area contributed by atoms with E-state index in [4.69, 9.17) is 37.3 Å². The Hall–Kier alpha value is -5.43. The Morgan fingerprint density at radius 3 is 1.92 bits per heavy atom. The number of aryl methyl sites for hydroxylation is 2. The number of ether oxygens (including phenoxy) is 5. The molecule has 63 heavy (non-hydrogen) atoms. The Bertz CT molecular complexity index is 2740. The molecule has 1 aliphatic carbocycles. The number of H-pyrrole nitrogens is 2. The number of nitrogens with zero attached hydrogens (tertiary/aromatic N) is 2. The van der Waals surface area contributed by atoms with Crippen molar-refractivity contribution in [2.45, 2.75) is 75.3 Å². The van der Waals surface area contributed by atoms with Crippen LogP contribution >= 0.6 is 7.82 Å².